The van der Waals surface area contributed by atoms with E-state index in [2.05, 4.69) is 16.6 Å². The topological polar surface area (TPSA) is 131 Å². The molecule has 2 aromatic rings. The molecule has 0 aromatic heterocycles. The van der Waals surface area contributed by atoms with Crippen LogP contribution in [0.3, 0.4) is 0 Å². The summed E-state index contributed by atoms with van der Waals surface area (Å²) in [5.41, 5.74) is 6.95. The van der Waals surface area contributed by atoms with Crippen molar-refractivity contribution in [3.63, 3.8) is 0 Å². The first-order valence-electron chi connectivity index (χ1n) is 13.9. The Kier molecular flexibility index (Phi) is 12.4. The number of terminal acetylenes is 1. The lowest BCUT2D eigenvalue weighted by Gasteiger charge is -2.35. The van der Waals surface area contributed by atoms with Crippen LogP contribution in [0.4, 0.5) is 10.5 Å². The van der Waals surface area contributed by atoms with Gasteiger partial charge in [0.15, 0.2) is 0 Å². The number of nitrogens with zero attached hydrogens (tertiary/aromatic N) is 1. The van der Waals surface area contributed by atoms with Crippen molar-refractivity contribution < 1.29 is 23.9 Å². The first-order valence-corrected chi connectivity index (χ1v) is 13.9. The normalized spacial score (nSPS) is 12.4. The van der Waals surface area contributed by atoms with Gasteiger partial charge in [0.05, 0.1) is 0 Å². The quantitative estimate of drug-likeness (QED) is 0.238. The van der Waals surface area contributed by atoms with Crippen LogP contribution >= 0.6 is 0 Å². The zero-order chi connectivity index (χ0) is 30.6. The van der Waals surface area contributed by atoms with Gasteiger partial charge in [-0.2, -0.15) is 0 Å². The fraction of sp³-hybridized carbons (Fsp3) is 0.438. The number of nitrogens with two attached hydrogens (primary N) is 1. The van der Waals surface area contributed by atoms with Crippen LogP contribution in [0.1, 0.15) is 82.5 Å². The molecule has 220 valence electrons. The molecule has 9 nitrogen and oxygen atoms in total. The van der Waals surface area contributed by atoms with Crippen LogP contribution in [0.2, 0.25) is 0 Å². The number of ether oxygens (including phenoxy) is 1. The maximum absolute atomic E-state index is 14.3. The summed E-state index contributed by atoms with van der Waals surface area (Å²) in [4.78, 5) is 54.1. The van der Waals surface area contributed by atoms with E-state index in [1.54, 1.807) is 51.1 Å². The van der Waals surface area contributed by atoms with Gasteiger partial charge in [-0.3, -0.25) is 14.4 Å². The lowest BCUT2D eigenvalue weighted by atomic mass is 9.96. The fourth-order valence-electron chi connectivity index (χ4n) is 4.32. The molecule has 0 bridgehead atoms. The highest BCUT2D eigenvalue weighted by molar-refractivity contribution is 5.99. The monoisotopic (exact) mass is 562 g/mol. The van der Waals surface area contributed by atoms with Crippen molar-refractivity contribution in [3.05, 3.63) is 65.2 Å². The van der Waals surface area contributed by atoms with Crippen LogP contribution in [0.25, 0.3) is 0 Å². The molecule has 2 atom stereocenters. The number of rotatable bonds is 13. The van der Waals surface area contributed by atoms with E-state index in [0.717, 1.165) is 18.4 Å². The number of anilines is 1. The third-order valence-corrected chi connectivity index (χ3v) is 6.33. The molecule has 0 radical (unpaired) electrons. The highest BCUT2D eigenvalue weighted by atomic mass is 16.6. The molecule has 0 aliphatic heterocycles. The molecule has 0 fully saturated rings. The SMILES string of the molecule is C#Cc1ccccc1C(C(=O)Nc1ccccc1C)N(CCCCC)C(=O)C(CCC(N)=O)NC(=O)OC(C)(C)C. The van der Waals surface area contributed by atoms with Crippen LogP contribution in [-0.4, -0.2) is 46.9 Å². The number of benzene rings is 2. The first-order chi connectivity index (χ1) is 19.4. The standard InChI is InChI=1S/C32H42N4O5/c1-7-9-14-21-36(30(39)26(19-20-27(33)37)35-31(40)41-32(4,5)6)28(24-17-12-11-16-23(24)8-2)29(38)34-25-18-13-10-15-22(25)3/h2,10-13,15-18,26,28H,7,9,14,19-21H2,1,3-6H3,(H2,33,37)(H,34,38)(H,35,40). The Morgan fingerprint density at radius 2 is 1.71 bits per heavy atom. The van der Waals surface area contributed by atoms with Crippen molar-refractivity contribution >= 4 is 29.5 Å². The summed E-state index contributed by atoms with van der Waals surface area (Å²) in [6, 6.07) is 12.0. The molecule has 2 rings (SSSR count). The maximum atomic E-state index is 14.3. The lowest BCUT2D eigenvalue weighted by molar-refractivity contribution is -0.141. The van der Waals surface area contributed by atoms with Crippen molar-refractivity contribution in [3.8, 4) is 12.3 Å². The van der Waals surface area contributed by atoms with Gasteiger partial charge in [-0.15, -0.1) is 6.42 Å². The van der Waals surface area contributed by atoms with Gasteiger partial charge in [0.2, 0.25) is 11.8 Å². The van der Waals surface area contributed by atoms with E-state index >= 15 is 0 Å². The Labute approximate surface area is 243 Å². The number of aryl methyl sites for hydroxylation is 1. The number of para-hydroxylation sites is 1. The largest absolute Gasteiger partial charge is 0.444 e. The molecule has 0 aliphatic carbocycles. The van der Waals surface area contributed by atoms with Gasteiger partial charge in [-0.1, -0.05) is 62.1 Å². The summed E-state index contributed by atoms with van der Waals surface area (Å²) in [6.07, 6.45) is 7.06. The summed E-state index contributed by atoms with van der Waals surface area (Å²) < 4.78 is 5.38. The van der Waals surface area contributed by atoms with E-state index in [4.69, 9.17) is 16.9 Å². The number of nitrogens with one attached hydrogen (secondary N) is 2. The molecular weight excluding hydrogens is 520 g/mol. The zero-order valence-corrected chi connectivity index (χ0v) is 24.7. The predicted molar refractivity (Wildman–Crippen MR) is 160 cm³/mol. The van der Waals surface area contributed by atoms with Gasteiger partial charge in [0, 0.05) is 24.2 Å². The highest BCUT2D eigenvalue weighted by Crippen LogP contribution is 2.28. The molecule has 4 amide bonds. The van der Waals surface area contributed by atoms with Crippen molar-refractivity contribution in [2.75, 3.05) is 11.9 Å². The molecule has 0 spiro atoms. The van der Waals surface area contributed by atoms with E-state index in [0.29, 0.717) is 23.2 Å². The average molecular weight is 563 g/mol. The Balaban J connectivity index is 2.62. The number of unbranched alkanes of at least 4 members (excludes halogenated alkanes) is 2. The molecule has 0 heterocycles. The minimum atomic E-state index is -1.18. The van der Waals surface area contributed by atoms with Crippen LogP contribution in [-0.2, 0) is 19.1 Å². The average Bonchev–Trinajstić information content (AvgIpc) is 2.90. The lowest BCUT2D eigenvalue weighted by Crippen LogP contribution is -2.53. The summed E-state index contributed by atoms with van der Waals surface area (Å²) >= 11 is 0. The summed E-state index contributed by atoms with van der Waals surface area (Å²) in [5, 5.41) is 5.56. The second-order valence-corrected chi connectivity index (χ2v) is 10.9. The molecule has 0 saturated heterocycles. The predicted octanol–water partition coefficient (Wildman–Crippen LogP) is 4.83. The Hall–Kier alpha value is -4.32. The van der Waals surface area contributed by atoms with Gasteiger partial charge in [-0.25, -0.2) is 4.79 Å². The number of amides is 4. The minimum absolute atomic E-state index is 0.0688. The van der Waals surface area contributed by atoms with E-state index in [1.807, 2.05) is 32.0 Å². The van der Waals surface area contributed by atoms with Crippen molar-refractivity contribution in [1.82, 2.24) is 10.2 Å². The third-order valence-electron chi connectivity index (χ3n) is 6.33. The molecular formula is C32H42N4O5. The van der Waals surface area contributed by atoms with Gasteiger partial charge in [0.1, 0.15) is 17.7 Å². The molecule has 41 heavy (non-hydrogen) atoms. The molecule has 9 heteroatoms. The summed E-state index contributed by atoms with van der Waals surface area (Å²) in [5.74, 6) is 0.987. The van der Waals surface area contributed by atoms with E-state index in [1.165, 1.54) is 4.90 Å². The van der Waals surface area contributed by atoms with Crippen LogP contribution < -0.4 is 16.4 Å². The fourth-order valence-corrected chi connectivity index (χ4v) is 4.32. The van der Waals surface area contributed by atoms with Gasteiger partial charge < -0.3 is 26.0 Å². The highest BCUT2D eigenvalue weighted by Gasteiger charge is 2.37. The van der Waals surface area contributed by atoms with Crippen LogP contribution in [0, 0.1) is 19.3 Å². The van der Waals surface area contributed by atoms with Crippen molar-refractivity contribution in [2.45, 2.75) is 84.4 Å². The third kappa shape index (κ3) is 10.3. The number of primary amides is 1. The molecule has 2 aromatic carbocycles. The van der Waals surface area contributed by atoms with Gasteiger partial charge in [-0.05, 0) is 63.8 Å². The van der Waals surface area contributed by atoms with E-state index in [9.17, 15) is 19.2 Å². The minimum Gasteiger partial charge on any atom is -0.444 e. The Bertz CT molecular complexity index is 1260. The zero-order valence-electron chi connectivity index (χ0n) is 24.7. The second-order valence-electron chi connectivity index (χ2n) is 10.9. The first kappa shape index (κ1) is 32.9. The smallest absolute Gasteiger partial charge is 0.408 e. The number of carbonyl (C=O) groups excluding carboxylic acids is 4. The van der Waals surface area contributed by atoms with Crippen LogP contribution in [0.5, 0.6) is 0 Å². The number of hydrogen-bond donors (Lipinski definition) is 3. The Morgan fingerprint density at radius 3 is 2.32 bits per heavy atom. The summed E-state index contributed by atoms with van der Waals surface area (Å²) in [7, 11) is 0. The van der Waals surface area contributed by atoms with Crippen molar-refractivity contribution in [1.29, 1.82) is 0 Å². The number of hydrogen-bond acceptors (Lipinski definition) is 5. The molecule has 0 aliphatic rings. The maximum Gasteiger partial charge on any atom is 0.408 e. The van der Waals surface area contributed by atoms with Crippen LogP contribution in [0.15, 0.2) is 48.5 Å². The molecule has 4 N–H and O–H groups in total. The second kappa shape index (κ2) is 15.5. The number of carbonyl (C=O) groups is 4. The molecule has 0 saturated carbocycles. The van der Waals surface area contributed by atoms with Gasteiger partial charge >= 0.3 is 6.09 Å². The van der Waals surface area contributed by atoms with Crippen molar-refractivity contribution in [2.24, 2.45) is 5.73 Å². The number of alkyl carbamates (subject to hydrolysis) is 1. The van der Waals surface area contributed by atoms with E-state index in [-0.39, 0.29) is 19.4 Å². The van der Waals surface area contributed by atoms with E-state index < -0.39 is 41.5 Å². The summed E-state index contributed by atoms with van der Waals surface area (Å²) in [6.45, 7) is 9.21. The van der Waals surface area contributed by atoms with Gasteiger partial charge in [0.25, 0.3) is 5.91 Å². The molecule has 2 unspecified atom stereocenters. The Morgan fingerprint density at radius 1 is 1.05 bits per heavy atom.